The number of rotatable bonds is 1. The Balaban J connectivity index is 2.55. The number of aromatic amines is 1. The molecule has 2 aromatic rings. The second-order valence-electron chi connectivity index (χ2n) is 3.11. The van der Waals surface area contributed by atoms with Crippen molar-refractivity contribution in [2.45, 2.75) is 0 Å². The molecule has 2 nitrogen and oxygen atoms in total. The van der Waals surface area contributed by atoms with Gasteiger partial charge in [0.1, 0.15) is 0 Å². The van der Waals surface area contributed by atoms with E-state index >= 15 is 0 Å². The Hall–Kier alpha value is -1.16. The van der Waals surface area contributed by atoms with Crippen molar-refractivity contribution in [1.29, 1.82) is 5.26 Å². The Morgan fingerprint density at radius 3 is 2.53 bits per heavy atom. The second-order valence-corrected chi connectivity index (χ2v) is 4.76. The predicted molar refractivity (Wildman–Crippen MR) is 64.1 cm³/mol. The third kappa shape index (κ3) is 1.95. The third-order valence-corrected chi connectivity index (χ3v) is 3.39. The topological polar surface area (TPSA) is 39.6 Å². The van der Waals surface area contributed by atoms with E-state index < -0.39 is 0 Å². The zero-order valence-corrected chi connectivity index (χ0v) is 11.0. The number of benzene rings is 1. The fourth-order valence-electron chi connectivity index (χ4n) is 1.42. The number of H-pyrrole nitrogens is 1. The summed E-state index contributed by atoms with van der Waals surface area (Å²) in [5.41, 5.74) is 2.67. The number of halogens is 1. The molecule has 1 aromatic carbocycles. The zero-order valence-electron chi connectivity index (χ0n) is 7.79. The van der Waals surface area contributed by atoms with Crippen LogP contribution in [0.2, 0.25) is 5.02 Å². The summed E-state index contributed by atoms with van der Waals surface area (Å²) in [5.74, 6) is 0. The van der Waals surface area contributed by atoms with E-state index in [1.807, 2.05) is 30.5 Å². The molecule has 0 aliphatic carbocycles. The summed E-state index contributed by atoms with van der Waals surface area (Å²) in [7, 11) is 0. The van der Waals surface area contributed by atoms with Gasteiger partial charge in [-0.1, -0.05) is 0 Å². The first-order valence-corrected chi connectivity index (χ1v) is 5.94. The van der Waals surface area contributed by atoms with Crippen LogP contribution in [0.1, 0.15) is 5.56 Å². The van der Waals surface area contributed by atoms with Gasteiger partial charge in [0.25, 0.3) is 0 Å². The van der Waals surface area contributed by atoms with Crippen LogP contribution in [0.4, 0.5) is 0 Å². The monoisotopic (exact) mass is 278 g/mol. The average Bonchev–Trinajstić information content (AvgIpc) is 2.61. The first-order chi connectivity index (χ1) is 7.22. The Morgan fingerprint density at radius 1 is 1.27 bits per heavy atom. The van der Waals surface area contributed by atoms with Crippen LogP contribution in [0.5, 0.6) is 0 Å². The van der Waals surface area contributed by atoms with Crippen molar-refractivity contribution >= 4 is 32.9 Å². The molecule has 0 spiro atoms. The van der Waals surface area contributed by atoms with E-state index in [9.17, 15) is 0 Å². The molecule has 1 atom stereocenters. The first kappa shape index (κ1) is 10.4. The van der Waals surface area contributed by atoms with Crippen LogP contribution in [0.25, 0.3) is 11.1 Å². The van der Waals surface area contributed by atoms with Gasteiger partial charge in [0.2, 0.25) is 0 Å². The fourth-order valence-corrected chi connectivity index (χ4v) is 2.18. The summed E-state index contributed by atoms with van der Waals surface area (Å²) in [5, 5.41) is 9.72. The fraction of sp³-hybridized carbons (Fsp3) is 0. The van der Waals surface area contributed by atoms with Gasteiger partial charge in [-0.25, -0.2) is 0 Å². The van der Waals surface area contributed by atoms with Crippen molar-refractivity contribution in [3.8, 4) is 17.2 Å². The van der Waals surface area contributed by atoms with Gasteiger partial charge in [0.15, 0.2) is 0 Å². The molecule has 15 heavy (non-hydrogen) atoms. The maximum absolute atomic E-state index is 9.02. The van der Waals surface area contributed by atoms with Crippen molar-refractivity contribution in [3.05, 3.63) is 41.0 Å². The molecule has 0 aliphatic rings. The summed E-state index contributed by atoms with van der Waals surface area (Å²) in [4.78, 5) is 3.07. The van der Waals surface area contributed by atoms with E-state index in [0.717, 1.165) is 21.2 Å². The molecule has 0 saturated carbocycles. The molecule has 1 N–H and O–H groups in total. The molecule has 0 fully saturated rings. The van der Waals surface area contributed by atoms with E-state index in [-0.39, 0.29) is 0 Å². The summed E-state index contributed by atoms with van der Waals surface area (Å²) in [6, 6.07) is 9.69. The van der Waals surface area contributed by atoms with E-state index in [4.69, 9.17) is 16.9 Å². The molecule has 1 heterocycles. The molecule has 0 aliphatic heterocycles. The van der Waals surface area contributed by atoms with E-state index in [2.05, 4.69) is 11.1 Å². The average molecular weight is 279 g/mol. The Morgan fingerprint density at radius 2 is 1.93 bits per heavy atom. The summed E-state index contributed by atoms with van der Waals surface area (Å²) >= 11 is 7.23. The van der Waals surface area contributed by atoms with Crippen molar-refractivity contribution in [2.24, 2.45) is 0 Å². The van der Waals surface area contributed by atoms with Gasteiger partial charge in [0, 0.05) is 0 Å². The SMILES string of the molecule is N#Cc1c(-c2ccc(Cl)cc2)c[nH]c1[AsH2]. The predicted octanol–water partition coefficient (Wildman–Crippen LogP) is 1.47. The third-order valence-electron chi connectivity index (χ3n) is 2.18. The van der Waals surface area contributed by atoms with Crippen LogP contribution in [-0.2, 0) is 0 Å². The van der Waals surface area contributed by atoms with Crippen molar-refractivity contribution in [1.82, 2.24) is 4.98 Å². The van der Waals surface area contributed by atoms with Crippen LogP contribution >= 0.6 is 11.6 Å². The van der Waals surface area contributed by atoms with Crippen LogP contribution in [0.3, 0.4) is 0 Å². The van der Waals surface area contributed by atoms with Gasteiger partial charge < -0.3 is 0 Å². The van der Waals surface area contributed by atoms with E-state index in [0.29, 0.717) is 5.02 Å². The Kier molecular flexibility index (Phi) is 2.86. The van der Waals surface area contributed by atoms with Crippen LogP contribution in [0, 0.1) is 11.3 Å². The molecule has 2 rings (SSSR count). The standard InChI is InChI=1S/C11H8AsClN2/c12-11-9(5-14)10(6-15-11)7-1-3-8(13)4-2-7/h1-4,6,15H,12H2. The molecule has 1 unspecified atom stereocenters. The molecule has 0 radical (unpaired) electrons. The quantitative estimate of drug-likeness (QED) is 0.788. The normalized spacial score (nSPS) is 9.93. The number of hydrogen-bond acceptors (Lipinski definition) is 1. The molecule has 0 amide bonds. The van der Waals surface area contributed by atoms with Gasteiger partial charge >= 0.3 is 101 Å². The number of nitriles is 1. The number of hydrogen-bond donors (Lipinski definition) is 1. The second kappa shape index (κ2) is 4.14. The van der Waals surface area contributed by atoms with Crippen molar-refractivity contribution in [3.63, 3.8) is 0 Å². The van der Waals surface area contributed by atoms with Gasteiger partial charge in [-0.3, -0.25) is 0 Å². The van der Waals surface area contributed by atoms with Crippen LogP contribution in [-0.4, -0.2) is 21.8 Å². The summed E-state index contributed by atoms with van der Waals surface area (Å²) in [6.45, 7) is 0. The Labute approximate surface area is 101 Å². The summed E-state index contributed by atoms with van der Waals surface area (Å²) in [6.07, 6.45) is 1.86. The Bertz CT molecular complexity index is 523. The van der Waals surface area contributed by atoms with Gasteiger partial charge in [0.05, 0.1) is 0 Å². The van der Waals surface area contributed by atoms with E-state index in [1.165, 1.54) is 16.9 Å². The van der Waals surface area contributed by atoms with Gasteiger partial charge in [-0.2, -0.15) is 0 Å². The molecule has 0 bridgehead atoms. The minimum atomic E-state index is 0.703. The number of nitrogens with one attached hydrogen (secondary N) is 1. The first-order valence-electron chi connectivity index (χ1n) is 4.35. The van der Waals surface area contributed by atoms with Crippen LogP contribution in [0.15, 0.2) is 30.5 Å². The van der Waals surface area contributed by atoms with Crippen LogP contribution < -0.4 is 4.48 Å². The molecular weight excluding hydrogens is 271 g/mol. The van der Waals surface area contributed by atoms with Gasteiger partial charge in [-0.15, -0.1) is 0 Å². The molecule has 74 valence electrons. The number of aromatic nitrogens is 1. The zero-order chi connectivity index (χ0) is 10.8. The molecule has 0 saturated heterocycles. The van der Waals surface area contributed by atoms with Crippen molar-refractivity contribution < 1.29 is 0 Å². The summed E-state index contributed by atoms with van der Waals surface area (Å²) < 4.78 is 0.954. The van der Waals surface area contributed by atoms with Gasteiger partial charge in [-0.05, 0) is 0 Å². The number of nitrogens with zero attached hydrogens (tertiary/aromatic N) is 1. The molecule has 4 heteroatoms. The maximum atomic E-state index is 9.02. The van der Waals surface area contributed by atoms with E-state index in [1.54, 1.807) is 0 Å². The van der Waals surface area contributed by atoms with Crippen molar-refractivity contribution in [2.75, 3.05) is 0 Å². The molecular formula is C11H8AsClN2. The minimum absolute atomic E-state index is 0.703. The molecule has 1 aromatic heterocycles.